The van der Waals surface area contributed by atoms with E-state index in [-0.39, 0.29) is 11.8 Å². The van der Waals surface area contributed by atoms with E-state index < -0.39 is 17.8 Å². The number of halogens is 1. The van der Waals surface area contributed by atoms with Crippen molar-refractivity contribution in [3.63, 3.8) is 0 Å². The minimum Gasteiger partial charge on any atom is -0.462 e. The number of fused-ring (bicyclic) bond motifs is 3. The van der Waals surface area contributed by atoms with Crippen LogP contribution >= 0.6 is 0 Å². The summed E-state index contributed by atoms with van der Waals surface area (Å²) in [4.78, 5) is 28.4. The second-order valence-corrected chi connectivity index (χ2v) is 12.2. The highest BCUT2D eigenvalue weighted by Crippen LogP contribution is 2.47. The molecule has 4 aliphatic rings. The molecule has 9 heteroatoms. The summed E-state index contributed by atoms with van der Waals surface area (Å²) in [5.74, 6) is -0.901. The van der Waals surface area contributed by atoms with Crippen molar-refractivity contribution in [3.8, 4) is 12.1 Å². The van der Waals surface area contributed by atoms with E-state index in [1.54, 1.807) is 0 Å². The van der Waals surface area contributed by atoms with Gasteiger partial charge in [0.15, 0.2) is 5.83 Å². The smallest absolute Gasteiger partial charge is 0.318 e. The molecule has 1 amide bonds. The van der Waals surface area contributed by atoms with E-state index in [0.29, 0.717) is 38.3 Å². The van der Waals surface area contributed by atoms with E-state index in [0.717, 1.165) is 68.6 Å². The highest BCUT2D eigenvalue weighted by atomic mass is 19.1. The van der Waals surface area contributed by atoms with Crippen LogP contribution in [-0.4, -0.2) is 77.6 Å². The molecule has 3 atom stereocenters. The van der Waals surface area contributed by atoms with Crippen molar-refractivity contribution < 1.29 is 13.9 Å². The second kappa shape index (κ2) is 11.4. The molecule has 6 rings (SSSR count). The summed E-state index contributed by atoms with van der Waals surface area (Å²) in [6.45, 7) is 5.99. The van der Waals surface area contributed by atoms with Crippen molar-refractivity contribution in [2.24, 2.45) is 0 Å². The molecule has 0 saturated carbocycles. The Bertz CT molecular complexity index is 1370. The molecular weight excluding hydrogens is 519 g/mol. The first kappa shape index (κ1) is 27.6. The summed E-state index contributed by atoms with van der Waals surface area (Å²) in [7, 11) is 2.13. The molecule has 1 aromatic heterocycles. The van der Waals surface area contributed by atoms with Gasteiger partial charge in [0.1, 0.15) is 12.4 Å². The minimum absolute atomic E-state index is 0.0619. The van der Waals surface area contributed by atoms with Gasteiger partial charge in [-0.2, -0.15) is 15.2 Å². The molecule has 41 heavy (non-hydrogen) atoms. The van der Waals surface area contributed by atoms with Crippen LogP contribution in [0.1, 0.15) is 60.9 Å². The number of anilines is 1. The fourth-order valence-corrected chi connectivity index (χ4v) is 7.56. The van der Waals surface area contributed by atoms with Crippen LogP contribution < -0.4 is 9.64 Å². The first-order valence-corrected chi connectivity index (χ1v) is 15.0. The van der Waals surface area contributed by atoms with Gasteiger partial charge < -0.3 is 19.4 Å². The van der Waals surface area contributed by atoms with Gasteiger partial charge in [-0.3, -0.25) is 4.79 Å². The Morgan fingerprint density at radius 3 is 2.80 bits per heavy atom. The summed E-state index contributed by atoms with van der Waals surface area (Å²) >= 11 is 0. The van der Waals surface area contributed by atoms with Crippen molar-refractivity contribution in [1.82, 2.24) is 19.8 Å². The molecular formula is C32H39FN6O2. The van der Waals surface area contributed by atoms with Gasteiger partial charge in [0.2, 0.25) is 0 Å². The maximum atomic E-state index is 13.8. The van der Waals surface area contributed by atoms with E-state index in [1.165, 1.54) is 22.4 Å². The Labute approximate surface area is 241 Å². The lowest BCUT2D eigenvalue weighted by Crippen LogP contribution is -2.55. The Kier molecular flexibility index (Phi) is 7.69. The van der Waals surface area contributed by atoms with Crippen molar-refractivity contribution >= 4 is 11.7 Å². The summed E-state index contributed by atoms with van der Waals surface area (Å²) in [5, 5.41) is 9.49. The maximum absolute atomic E-state index is 13.8. The topological polar surface area (TPSA) is 85.6 Å². The Morgan fingerprint density at radius 2 is 2.02 bits per heavy atom. The van der Waals surface area contributed by atoms with Crippen LogP contribution in [0.2, 0.25) is 0 Å². The number of amides is 1. The average molecular weight is 559 g/mol. The lowest BCUT2D eigenvalue weighted by atomic mass is 9.62. The predicted octanol–water partition coefficient (Wildman–Crippen LogP) is 4.13. The predicted molar refractivity (Wildman–Crippen MR) is 154 cm³/mol. The number of ether oxygens (including phenoxy) is 1. The maximum Gasteiger partial charge on any atom is 0.318 e. The zero-order chi connectivity index (χ0) is 28.6. The summed E-state index contributed by atoms with van der Waals surface area (Å²) < 4.78 is 20.1. The highest BCUT2D eigenvalue weighted by molar-refractivity contribution is 5.91. The van der Waals surface area contributed by atoms with Gasteiger partial charge in [0.05, 0.1) is 24.2 Å². The molecule has 2 aliphatic heterocycles. The van der Waals surface area contributed by atoms with Crippen molar-refractivity contribution in [3.05, 3.63) is 59.1 Å². The Hall–Kier alpha value is -3.51. The van der Waals surface area contributed by atoms with E-state index in [4.69, 9.17) is 14.7 Å². The molecule has 0 N–H and O–H groups in total. The molecule has 2 aliphatic carbocycles. The molecule has 2 saturated heterocycles. The molecule has 2 unspecified atom stereocenters. The van der Waals surface area contributed by atoms with E-state index in [1.807, 2.05) is 0 Å². The van der Waals surface area contributed by atoms with Crippen LogP contribution in [0.25, 0.3) is 0 Å². The average Bonchev–Trinajstić information content (AvgIpc) is 3.40. The number of hydrogen-bond donors (Lipinski definition) is 0. The van der Waals surface area contributed by atoms with Crippen LogP contribution in [0.3, 0.4) is 0 Å². The number of aromatic nitrogens is 2. The molecule has 2 aromatic rings. The fourth-order valence-electron chi connectivity index (χ4n) is 7.56. The number of piperazine rings is 1. The molecule has 2 fully saturated rings. The number of carbonyl (C=O) groups excluding carboxylic acids is 1. The summed E-state index contributed by atoms with van der Waals surface area (Å²) in [6, 6.07) is 11.3. The van der Waals surface area contributed by atoms with Crippen LogP contribution in [0, 0.1) is 11.3 Å². The van der Waals surface area contributed by atoms with Gasteiger partial charge in [0, 0.05) is 36.7 Å². The Balaban J connectivity index is 1.34. The quantitative estimate of drug-likeness (QED) is 0.493. The number of aryl methyl sites for hydroxylation is 1. The van der Waals surface area contributed by atoms with Crippen LogP contribution in [0.15, 0.2) is 36.7 Å². The molecule has 216 valence electrons. The number of rotatable bonds is 6. The number of nitrogens with zero attached hydrogens (tertiary/aromatic N) is 6. The summed E-state index contributed by atoms with van der Waals surface area (Å²) in [5.41, 5.74) is 5.15. The number of likely N-dealkylation sites (N-methyl/N-ethyl adjacent to an activating group) is 1. The van der Waals surface area contributed by atoms with Crippen molar-refractivity contribution in [2.75, 3.05) is 44.7 Å². The number of nitriles is 1. The highest BCUT2D eigenvalue weighted by Gasteiger charge is 2.42. The first-order chi connectivity index (χ1) is 19.9. The van der Waals surface area contributed by atoms with Gasteiger partial charge in [0.25, 0.3) is 5.91 Å². The third kappa shape index (κ3) is 5.30. The molecule has 1 spiro atoms. The third-order valence-corrected chi connectivity index (χ3v) is 9.78. The second-order valence-electron chi connectivity index (χ2n) is 12.2. The first-order valence-electron chi connectivity index (χ1n) is 15.0. The molecule has 0 radical (unpaired) electrons. The summed E-state index contributed by atoms with van der Waals surface area (Å²) in [6.07, 6.45) is 8.54. The van der Waals surface area contributed by atoms with Gasteiger partial charge in [-0.05, 0) is 76.1 Å². The van der Waals surface area contributed by atoms with Gasteiger partial charge >= 0.3 is 6.01 Å². The Morgan fingerprint density at radius 1 is 1.17 bits per heavy atom. The van der Waals surface area contributed by atoms with E-state index >= 15 is 0 Å². The van der Waals surface area contributed by atoms with Crippen molar-refractivity contribution in [2.45, 2.75) is 75.3 Å². The zero-order valence-electron chi connectivity index (χ0n) is 23.9. The standard InChI is InChI=1S/C32H39FN6O2/c1-22(33)30(40)39-18-17-38(20-24(39)12-15-34)29-26-11-14-32(13-5-8-23-7-3-4-10-27(23)32)19-28(26)35-31(36-29)41-21-25-9-6-16-37(25)2/h3-4,7,10,24-25H,1,5-6,8-9,11-14,16-21H2,2H3/t24-,25?,32?/m0/s1. The fraction of sp³-hybridized carbons (Fsp3) is 0.562. The molecule has 8 nitrogen and oxygen atoms in total. The van der Waals surface area contributed by atoms with Crippen LogP contribution in [0.4, 0.5) is 10.2 Å². The van der Waals surface area contributed by atoms with Crippen LogP contribution in [-0.2, 0) is 29.5 Å². The largest absolute Gasteiger partial charge is 0.462 e. The molecule has 0 bridgehead atoms. The number of hydrogen-bond acceptors (Lipinski definition) is 7. The SMILES string of the molecule is C=C(F)C(=O)N1CCN(c2nc(OCC3CCCN3C)nc3c2CCC2(CCCc4ccccc42)C3)C[C@@H]1CC#N. The van der Waals surface area contributed by atoms with E-state index in [9.17, 15) is 14.4 Å². The minimum atomic E-state index is -0.994. The van der Waals surface area contributed by atoms with Gasteiger partial charge in [-0.15, -0.1) is 0 Å². The third-order valence-electron chi connectivity index (χ3n) is 9.78. The normalized spacial score (nSPS) is 25.9. The lowest BCUT2D eigenvalue weighted by Gasteiger charge is -2.44. The molecule has 3 heterocycles. The number of benzene rings is 1. The van der Waals surface area contributed by atoms with E-state index in [2.05, 4.69) is 53.8 Å². The number of likely N-dealkylation sites (tertiary alicyclic amines) is 1. The lowest BCUT2D eigenvalue weighted by molar-refractivity contribution is -0.131. The molecule has 1 aromatic carbocycles. The number of carbonyl (C=O) groups is 1. The van der Waals surface area contributed by atoms with Crippen LogP contribution in [0.5, 0.6) is 6.01 Å². The van der Waals surface area contributed by atoms with Gasteiger partial charge in [-0.25, -0.2) is 4.39 Å². The van der Waals surface area contributed by atoms with Crippen molar-refractivity contribution in [1.29, 1.82) is 5.26 Å². The van der Waals surface area contributed by atoms with Gasteiger partial charge in [-0.1, -0.05) is 30.8 Å². The zero-order valence-corrected chi connectivity index (χ0v) is 23.9. The monoisotopic (exact) mass is 558 g/mol.